The molecule has 0 fully saturated rings. The van der Waals surface area contributed by atoms with E-state index in [9.17, 15) is 14.7 Å². The van der Waals surface area contributed by atoms with Crippen molar-refractivity contribution in [1.82, 2.24) is 0 Å². The molecule has 0 saturated heterocycles. The summed E-state index contributed by atoms with van der Waals surface area (Å²) in [6.07, 6.45) is -0.0651. The third-order valence-electron chi connectivity index (χ3n) is 5.61. The summed E-state index contributed by atoms with van der Waals surface area (Å²) in [5.74, 6) is -1.01. The standard InChI is InChI=1S/C26H22N2O4S5/c27-16(26(30)31)9-14-10-21(17-3-1-7-33-17)36-24(14)19-5-6-20(35-19)25-15(12-23(28)32-13-29)11-22(37-25)18-4-2-8-34-18/h1-8,10-11,13,16,23H,9,12,27-28H2,(H,30,31)/t16-,23-/m0/s1. The number of aliphatic carboxylic acids is 1. The molecule has 5 aromatic heterocycles. The Morgan fingerprint density at radius 1 is 0.811 bits per heavy atom. The van der Waals surface area contributed by atoms with Gasteiger partial charge in [0.1, 0.15) is 6.04 Å². The zero-order valence-corrected chi connectivity index (χ0v) is 23.4. The fourth-order valence-corrected chi connectivity index (χ4v) is 9.23. The monoisotopic (exact) mass is 586 g/mol. The van der Waals surface area contributed by atoms with Gasteiger partial charge in [0.05, 0.1) is 0 Å². The Labute approximate surface area is 233 Å². The lowest BCUT2D eigenvalue weighted by Crippen LogP contribution is -2.32. The molecule has 37 heavy (non-hydrogen) atoms. The lowest BCUT2D eigenvalue weighted by Gasteiger charge is -2.09. The second kappa shape index (κ2) is 11.4. The van der Waals surface area contributed by atoms with E-state index in [0.717, 1.165) is 45.3 Å². The topological polar surface area (TPSA) is 116 Å². The largest absolute Gasteiger partial charge is 0.480 e. The van der Waals surface area contributed by atoms with Gasteiger partial charge in [-0.2, -0.15) is 0 Å². The van der Waals surface area contributed by atoms with Gasteiger partial charge in [-0.15, -0.1) is 56.7 Å². The van der Waals surface area contributed by atoms with Crippen LogP contribution >= 0.6 is 56.7 Å². The molecule has 0 aromatic carbocycles. The van der Waals surface area contributed by atoms with Crippen molar-refractivity contribution in [3.8, 4) is 39.0 Å². The first-order chi connectivity index (χ1) is 17.9. The maximum atomic E-state index is 11.5. The molecule has 5 aromatic rings. The quantitative estimate of drug-likeness (QED) is 0.118. The van der Waals surface area contributed by atoms with Crippen molar-refractivity contribution in [1.29, 1.82) is 0 Å². The molecule has 0 aliphatic heterocycles. The maximum Gasteiger partial charge on any atom is 0.320 e. The van der Waals surface area contributed by atoms with Gasteiger partial charge >= 0.3 is 5.97 Å². The Morgan fingerprint density at radius 2 is 1.35 bits per heavy atom. The summed E-state index contributed by atoms with van der Waals surface area (Å²) < 4.78 is 4.97. The Morgan fingerprint density at radius 3 is 1.81 bits per heavy atom. The van der Waals surface area contributed by atoms with E-state index in [-0.39, 0.29) is 6.42 Å². The highest BCUT2D eigenvalue weighted by atomic mass is 32.1. The van der Waals surface area contributed by atoms with Crippen molar-refractivity contribution >= 4 is 69.1 Å². The van der Waals surface area contributed by atoms with Crippen LogP contribution in [0, 0.1) is 0 Å². The van der Waals surface area contributed by atoms with E-state index in [0.29, 0.717) is 12.9 Å². The second-order valence-corrected chi connectivity index (χ2v) is 13.3. The van der Waals surface area contributed by atoms with Gasteiger partial charge in [-0.1, -0.05) is 12.1 Å². The smallest absolute Gasteiger partial charge is 0.320 e. The second-order valence-electron chi connectivity index (χ2n) is 8.17. The van der Waals surface area contributed by atoms with Gasteiger partial charge < -0.3 is 15.6 Å². The highest BCUT2D eigenvalue weighted by Gasteiger charge is 2.22. The third kappa shape index (κ3) is 5.78. The van der Waals surface area contributed by atoms with Gasteiger partial charge in [0, 0.05) is 45.4 Å². The molecule has 2 atom stereocenters. The van der Waals surface area contributed by atoms with Crippen LogP contribution in [0.4, 0.5) is 0 Å². The van der Waals surface area contributed by atoms with Crippen molar-refractivity contribution in [2.24, 2.45) is 11.5 Å². The zero-order valence-electron chi connectivity index (χ0n) is 19.3. The number of hydrogen-bond acceptors (Lipinski definition) is 10. The van der Waals surface area contributed by atoms with Crippen molar-refractivity contribution in [2.45, 2.75) is 25.1 Å². The van der Waals surface area contributed by atoms with Crippen molar-refractivity contribution in [3.05, 3.63) is 70.4 Å². The predicted molar refractivity (Wildman–Crippen MR) is 156 cm³/mol. The Kier molecular flexibility index (Phi) is 8.01. The molecule has 11 heteroatoms. The first-order valence-corrected chi connectivity index (χ1v) is 15.4. The number of hydrogen-bond donors (Lipinski definition) is 3. The fourth-order valence-electron chi connectivity index (χ4n) is 3.90. The summed E-state index contributed by atoms with van der Waals surface area (Å²) in [7, 11) is 0. The first-order valence-electron chi connectivity index (χ1n) is 11.2. The molecule has 190 valence electrons. The summed E-state index contributed by atoms with van der Waals surface area (Å²) in [6.45, 7) is 0.380. The number of nitrogens with two attached hydrogens (primary N) is 2. The number of ether oxygens (including phenoxy) is 1. The Balaban J connectivity index is 1.54. The molecular formula is C26H22N2O4S5. The van der Waals surface area contributed by atoms with E-state index >= 15 is 0 Å². The lowest BCUT2D eigenvalue weighted by atomic mass is 10.1. The number of carbonyl (C=O) groups is 2. The molecule has 0 aliphatic carbocycles. The molecule has 0 bridgehead atoms. The van der Waals surface area contributed by atoms with Gasteiger partial charge in [-0.05, 0) is 64.7 Å². The van der Waals surface area contributed by atoms with E-state index in [1.165, 1.54) is 4.88 Å². The highest BCUT2D eigenvalue weighted by Crippen LogP contribution is 2.47. The van der Waals surface area contributed by atoms with Crippen molar-refractivity contribution < 1.29 is 19.4 Å². The van der Waals surface area contributed by atoms with Crippen LogP contribution in [-0.2, 0) is 27.2 Å². The summed E-state index contributed by atoms with van der Waals surface area (Å²) in [4.78, 5) is 31.1. The minimum absolute atomic E-state index is 0.254. The zero-order chi connectivity index (χ0) is 25.9. The maximum absolute atomic E-state index is 11.5. The average molecular weight is 587 g/mol. The molecular weight excluding hydrogens is 565 g/mol. The van der Waals surface area contributed by atoms with Gasteiger partial charge in [0.25, 0.3) is 6.47 Å². The summed E-state index contributed by atoms with van der Waals surface area (Å²) in [5.41, 5.74) is 13.9. The molecule has 0 unspecified atom stereocenters. The molecule has 5 heterocycles. The van der Waals surface area contributed by atoms with Crippen LogP contribution in [0.1, 0.15) is 11.1 Å². The van der Waals surface area contributed by atoms with Crippen LogP contribution in [0.3, 0.4) is 0 Å². The molecule has 0 amide bonds. The molecule has 0 saturated carbocycles. The van der Waals surface area contributed by atoms with Gasteiger partial charge in [0.15, 0.2) is 6.23 Å². The van der Waals surface area contributed by atoms with Crippen LogP contribution in [0.25, 0.3) is 39.0 Å². The molecule has 0 aliphatic rings. The Hall–Kier alpha value is -2.64. The number of carboxylic acid groups (broad SMARTS) is 1. The minimum atomic E-state index is -1.01. The first kappa shape index (κ1) is 26.0. The van der Waals surface area contributed by atoms with Crippen LogP contribution in [0.15, 0.2) is 59.3 Å². The Bertz CT molecular complexity index is 1500. The van der Waals surface area contributed by atoms with Gasteiger partial charge in [-0.3, -0.25) is 15.3 Å². The van der Waals surface area contributed by atoms with E-state index in [1.807, 2.05) is 22.9 Å². The summed E-state index contributed by atoms with van der Waals surface area (Å²) >= 11 is 8.33. The van der Waals surface area contributed by atoms with Crippen LogP contribution < -0.4 is 11.5 Å². The highest BCUT2D eigenvalue weighted by molar-refractivity contribution is 7.29. The average Bonchev–Trinajstić information content (AvgIpc) is 3.69. The SMILES string of the molecule is N[C@H](Cc1cc(-c2cccs2)sc1-c1ccc(-c2sc(-c3cccs3)cc2C[C@H](N)C(=O)O)s1)OC=O. The molecule has 5 N–H and O–H groups in total. The molecule has 0 spiro atoms. The van der Waals surface area contributed by atoms with Crippen molar-refractivity contribution in [2.75, 3.05) is 0 Å². The van der Waals surface area contributed by atoms with Crippen molar-refractivity contribution in [3.63, 3.8) is 0 Å². The molecule has 5 rings (SSSR count). The van der Waals surface area contributed by atoms with E-state index in [2.05, 4.69) is 36.4 Å². The van der Waals surface area contributed by atoms with Gasteiger partial charge in [-0.25, -0.2) is 0 Å². The normalized spacial score (nSPS) is 12.9. The number of carboxylic acids is 1. The fraction of sp³-hybridized carbons (Fsp3) is 0.154. The van der Waals surface area contributed by atoms with Crippen LogP contribution in [-0.4, -0.2) is 29.8 Å². The van der Waals surface area contributed by atoms with E-state index in [1.54, 1.807) is 56.7 Å². The summed E-state index contributed by atoms with van der Waals surface area (Å²) in [5, 5.41) is 13.5. The number of rotatable bonds is 11. The number of carbonyl (C=O) groups excluding carboxylic acids is 1. The van der Waals surface area contributed by atoms with Gasteiger partial charge in [0.2, 0.25) is 0 Å². The van der Waals surface area contributed by atoms with E-state index in [4.69, 9.17) is 16.2 Å². The third-order valence-corrected chi connectivity index (χ3v) is 11.5. The summed E-state index contributed by atoms with van der Waals surface area (Å²) in [6, 6.07) is 15.6. The van der Waals surface area contributed by atoms with E-state index < -0.39 is 18.2 Å². The van der Waals surface area contributed by atoms with Crippen LogP contribution in [0.2, 0.25) is 0 Å². The predicted octanol–water partition coefficient (Wildman–Crippen LogP) is 6.62. The minimum Gasteiger partial charge on any atom is -0.480 e. The molecule has 6 nitrogen and oxygen atoms in total. The molecule has 0 radical (unpaired) electrons. The lowest BCUT2D eigenvalue weighted by molar-refractivity contribution is -0.138. The van der Waals surface area contributed by atoms with Crippen LogP contribution in [0.5, 0.6) is 0 Å². The number of thiophene rings is 5.